The highest BCUT2D eigenvalue weighted by Gasteiger charge is 2.31. The Bertz CT molecular complexity index is 488. The first kappa shape index (κ1) is 14.8. The van der Waals surface area contributed by atoms with E-state index in [9.17, 15) is 4.79 Å². The molecule has 1 amide bonds. The van der Waals surface area contributed by atoms with Gasteiger partial charge in [0.05, 0.1) is 18.2 Å². The van der Waals surface area contributed by atoms with E-state index in [0.717, 1.165) is 52.2 Å². The molecule has 2 aliphatic rings. The second-order valence-corrected chi connectivity index (χ2v) is 6.01. The molecule has 1 aromatic heterocycles. The molecule has 2 aliphatic heterocycles. The quantitative estimate of drug-likeness (QED) is 0.852. The fourth-order valence-corrected chi connectivity index (χ4v) is 3.14. The SMILES string of the molecule is O=C(c1ccc(Cl)cn1)N1CCCC1CN1CCOCC1. The molecule has 0 saturated carbocycles. The van der Waals surface area contributed by atoms with E-state index in [1.165, 1.54) is 6.20 Å². The minimum absolute atomic E-state index is 0.0161. The summed E-state index contributed by atoms with van der Waals surface area (Å²) in [7, 11) is 0. The van der Waals surface area contributed by atoms with Gasteiger partial charge in [0.25, 0.3) is 5.91 Å². The summed E-state index contributed by atoms with van der Waals surface area (Å²) in [5.41, 5.74) is 0.480. The Morgan fingerprint density at radius 1 is 1.33 bits per heavy atom. The molecule has 0 radical (unpaired) electrons. The highest BCUT2D eigenvalue weighted by molar-refractivity contribution is 6.30. The summed E-state index contributed by atoms with van der Waals surface area (Å²) in [6, 6.07) is 3.71. The van der Waals surface area contributed by atoms with Gasteiger partial charge in [0.1, 0.15) is 5.69 Å². The third-order valence-electron chi connectivity index (χ3n) is 4.16. The number of carbonyl (C=O) groups is 1. The van der Waals surface area contributed by atoms with Gasteiger partial charge in [-0.3, -0.25) is 9.69 Å². The molecule has 0 spiro atoms. The normalized spacial score (nSPS) is 23.5. The van der Waals surface area contributed by atoms with Gasteiger partial charge >= 0.3 is 0 Å². The third-order valence-corrected chi connectivity index (χ3v) is 4.38. The number of ether oxygens (including phenoxy) is 1. The smallest absolute Gasteiger partial charge is 0.272 e. The first-order chi connectivity index (χ1) is 10.2. The van der Waals surface area contributed by atoms with Crippen molar-refractivity contribution >= 4 is 17.5 Å². The fourth-order valence-electron chi connectivity index (χ4n) is 3.02. The van der Waals surface area contributed by atoms with Crippen LogP contribution >= 0.6 is 11.6 Å². The Morgan fingerprint density at radius 3 is 2.86 bits per heavy atom. The highest BCUT2D eigenvalue weighted by Crippen LogP contribution is 2.21. The minimum Gasteiger partial charge on any atom is -0.379 e. The molecular weight excluding hydrogens is 290 g/mol. The van der Waals surface area contributed by atoms with E-state index in [1.807, 2.05) is 4.90 Å². The van der Waals surface area contributed by atoms with Gasteiger partial charge in [-0.2, -0.15) is 0 Å². The number of hydrogen-bond acceptors (Lipinski definition) is 4. The van der Waals surface area contributed by atoms with E-state index in [1.54, 1.807) is 12.1 Å². The molecule has 1 aromatic rings. The number of likely N-dealkylation sites (tertiary alicyclic amines) is 1. The largest absolute Gasteiger partial charge is 0.379 e. The molecular formula is C15H20ClN3O2. The summed E-state index contributed by atoms with van der Waals surface area (Å²) in [5.74, 6) is 0.0161. The van der Waals surface area contributed by atoms with Crippen LogP contribution in [-0.2, 0) is 4.74 Å². The first-order valence-corrected chi connectivity index (χ1v) is 7.84. The molecule has 1 unspecified atom stereocenters. The summed E-state index contributed by atoms with van der Waals surface area (Å²) < 4.78 is 5.37. The summed E-state index contributed by atoms with van der Waals surface area (Å²) in [6.45, 7) is 5.25. The van der Waals surface area contributed by atoms with Gasteiger partial charge in [-0.05, 0) is 25.0 Å². The number of nitrogens with zero attached hydrogens (tertiary/aromatic N) is 3. The maximum absolute atomic E-state index is 12.6. The Labute approximate surface area is 129 Å². The summed E-state index contributed by atoms with van der Waals surface area (Å²) in [6.07, 6.45) is 3.66. The lowest BCUT2D eigenvalue weighted by Gasteiger charge is -2.32. The molecule has 0 aromatic carbocycles. The average Bonchev–Trinajstić information content (AvgIpc) is 2.96. The lowest BCUT2D eigenvalue weighted by Crippen LogP contribution is -2.46. The zero-order chi connectivity index (χ0) is 14.7. The summed E-state index contributed by atoms with van der Waals surface area (Å²) >= 11 is 5.83. The second kappa shape index (κ2) is 6.73. The van der Waals surface area contributed by atoms with Crippen LogP contribution in [-0.4, -0.2) is 66.1 Å². The highest BCUT2D eigenvalue weighted by atomic mass is 35.5. The van der Waals surface area contributed by atoms with Crippen molar-refractivity contribution in [2.45, 2.75) is 18.9 Å². The van der Waals surface area contributed by atoms with E-state index in [4.69, 9.17) is 16.3 Å². The van der Waals surface area contributed by atoms with Crippen molar-refractivity contribution in [3.63, 3.8) is 0 Å². The zero-order valence-electron chi connectivity index (χ0n) is 12.0. The van der Waals surface area contributed by atoms with Crippen LogP contribution in [0.4, 0.5) is 0 Å². The van der Waals surface area contributed by atoms with E-state index in [0.29, 0.717) is 10.7 Å². The molecule has 5 nitrogen and oxygen atoms in total. The fraction of sp³-hybridized carbons (Fsp3) is 0.600. The predicted octanol–water partition coefficient (Wildman–Crippen LogP) is 1.67. The van der Waals surface area contributed by atoms with Crippen molar-refractivity contribution in [2.24, 2.45) is 0 Å². The molecule has 3 heterocycles. The molecule has 21 heavy (non-hydrogen) atoms. The number of aromatic nitrogens is 1. The van der Waals surface area contributed by atoms with Crippen LogP contribution in [0, 0.1) is 0 Å². The van der Waals surface area contributed by atoms with Crippen LogP contribution in [0.2, 0.25) is 5.02 Å². The minimum atomic E-state index is 0.0161. The van der Waals surface area contributed by atoms with E-state index >= 15 is 0 Å². The van der Waals surface area contributed by atoms with Crippen LogP contribution in [0.1, 0.15) is 23.3 Å². The molecule has 1 atom stereocenters. The van der Waals surface area contributed by atoms with Gasteiger partial charge in [-0.15, -0.1) is 0 Å². The molecule has 114 valence electrons. The Hall–Kier alpha value is -1.17. The molecule has 0 bridgehead atoms. The Balaban J connectivity index is 1.65. The van der Waals surface area contributed by atoms with Crippen LogP contribution in [0.3, 0.4) is 0 Å². The second-order valence-electron chi connectivity index (χ2n) is 5.57. The topological polar surface area (TPSA) is 45.7 Å². The molecule has 0 N–H and O–H groups in total. The molecule has 6 heteroatoms. The number of halogens is 1. The number of carbonyl (C=O) groups excluding carboxylic acids is 1. The lowest BCUT2D eigenvalue weighted by molar-refractivity contribution is 0.0260. The zero-order valence-corrected chi connectivity index (χ0v) is 12.8. The van der Waals surface area contributed by atoms with Crippen molar-refractivity contribution in [2.75, 3.05) is 39.4 Å². The van der Waals surface area contributed by atoms with Crippen LogP contribution in [0.15, 0.2) is 18.3 Å². The number of pyridine rings is 1. The molecule has 2 saturated heterocycles. The number of morpholine rings is 1. The lowest BCUT2D eigenvalue weighted by atomic mass is 10.2. The Kier molecular flexibility index (Phi) is 4.73. The number of rotatable bonds is 3. The standard InChI is InChI=1S/C15H20ClN3O2/c16-12-3-4-14(17-10-12)15(20)19-5-1-2-13(19)11-18-6-8-21-9-7-18/h3-4,10,13H,1-2,5-9,11H2. The van der Waals surface area contributed by atoms with E-state index in [-0.39, 0.29) is 11.9 Å². The Morgan fingerprint density at radius 2 is 2.14 bits per heavy atom. The maximum atomic E-state index is 12.6. The van der Waals surface area contributed by atoms with Crippen molar-refractivity contribution < 1.29 is 9.53 Å². The summed E-state index contributed by atoms with van der Waals surface area (Å²) in [5, 5.41) is 0.554. The first-order valence-electron chi connectivity index (χ1n) is 7.46. The molecule has 2 fully saturated rings. The predicted molar refractivity (Wildman–Crippen MR) is 80.6 cm³/mol. The van der Waals surface area contributed by atoms with Crippen molar-refractivity contribution in [1.29, 1.82) is 0 Å². The van der Waals surface area contributed by atoms with Crippen LogP contribution < -0.4 is 0 Å². The van der Waals surface area contributed by atoms with Crippen molar-refractivity contribution in [1.82, 2.24) is 14.8 Å². The number of amides is 1. The maximum Gasteiger partial charge on any atom is 0.272 e. The van der Waals surface area contributed by atoms with E-state index < -0.39 is 0 Å². The van der Waals surface area contributed by atoms with E-state index in [2.05, 4.69) is 9.88 Å². The van der Waals surface area contributed by atoms with Crippen molar-refractivity contribution in [3.8, 4) is 0 Å². The third kappa shape index (κ3) is 3.54. The van der Waals surface area contributed by atoms with Gasteiger partial charge in [-0.1, -0.05) is 11.6 Å². The monoisotopic (exact) mass is 309 g/mol. The molecule has 3 rings (SSSR count). The van der Waals surface area contributed by atoms with Gasteiger partial charge in [0, 0.05) is 38.4 Å². The number of hydrogen-bond donors (Lipinski definition) is 0. The van der Waals surface area contributed by atoms with Crippen LogP contribution in [0.25, 0.3) is 0 Å². The average molecular weight is 310 g/mol. The van der Waals surface area contributed by atoms with Gasteiger partial charge in [0.2, 0.25) is 0 Å². The van der Waals surface area contributed by atoms with Gasteiger partial charge in [-0.25, -0.2) is 4.98 Å². The van der Waals surface area contributed by atoms with Crippen LogP contribution in [0.5, 0.6) is 0 Å². The molecule has 0 aliphatic carbocycles. The van der Waals surface area contributed by atoms with Crippen molar-refractivity contribution in [3.05, 3.63) is 29.0 Å². The van der Waals surface area contributed by atoms with Gasteiger partial charge in [0.15, 0.2) is 0 Å². The summed E-state index contributed by atoms with van der Waals surface area (Å²) in [4.78, 5) is 21.1. The van der Waals surface area contributed by atoms with Gasteiger partial charge < -0.3 is 9.64 Å².